The van der Waals surface area contributed by atoms with Crippen molar-refractivity contribution in [2.45, 2.75) is 5.92 Å². The first-order valence-electron chi connectivity index (χ1n) is 5.68. The van der Waals surface area contributed by atoms with E-state index in [1.54, 1.807) is 42.6 Å². The second kappa shape index (κ2) is 6.20. The molecule has 0 spiro atoms. The van der Waals surface area contributed by atoms with Crippen LogP contribution in [0.5, 0.6) is 5.75 Å². The van der Waals surface area contributed by atoms with Gasteiger partial charge in [0.25, 0.3) is 0 Å². The number of ether oxygens (including phenoxy) is 1. The summed E-state index contributed by atoms with van der Waals surface area (Å²) in [6, 6.07) is 10.3. The Morgan fingerprint density at radius 1 is 1.37 bits per heavy atom. The second-order valence-corrected chi connectivity index (χ2v) is 4.38. The summed E-state index contributed by atoms with van der Waals surface area (Å²) in [5, 5.41) is 9.77. The van der Waals surface area contributed by atoms with Gasteiger partial charge in [-0.05, 0) is 29.8 Å². The third kappa shape index (κ3) is 3.69. The number of aromatic nitrogens is 1. The van der Waals surface area contributed by atoms with Gasteiger partial charge >= 0.3 is 5.97 Å². The van der Waals surface area contributed by atoms with Crippen LogP contribution in [0.1, 0.15) is 11.5 Å². The average Bonchev–Trinajstić information content (AvgIpc) is 2.40. The number of rotatable bonds is 5. The van der Waals surface area contributed by atoms with Gasteiger partial charge in [-0.3, -0.25) is 9.78 Å². The molecular weight excluding hydrogens is 266 g/mol. The standard InChI is InChI=1S/C14H12ClNO3/c15-11-4-1-5-12(7-11)19-9-13(14(17)18)10-3-2-6-16-8-10/h1-8,13H,9H2,(H,17,18). The van der Waals surface area contributed by atoms with E-state index in [0.717, 1.165) is 0 Å². The molecule has 5 heteroatoms. The molecule has 0 bridgehead atoms. The first-order chi connectivity index (χ1) is 9.16. The molecule has 1 unspecified atom stereocenters. The Kier molecular flexibility index (Phi) is 4.36. The molecule has 1 N–H and O–H groups in total. The highest BCUT2D eigenvalue weighted by atomic mass is 35.5. The molecule has 0 aliphatic heterocycles. The number of hydrogen-bond donors (Lipinski definition) is 1. The minimum Gasteiger partial charge on any atom is -0.492 e. The van der Waals surface area contributed by atoms with Crippen molar-refractivity contribution in [2.24, 2.45) is 0 Å². The van der Waals surface area contributed by atoms with E-state index in [2.05, 4.69) is 4.98 Å². The maximum Gasteiger partial charge on any atom is 0.314 e. The van der Waals surface area contributed by atoms with Crippen LogP contribution in [-0.4, -0.2) is 22.7 Å². The summed E-state index contributed by atoms with van der Waals surface area (Å²) >= 11 is 5.83. The maximum atomic E-state index is 11.3. The van der Waals surface area contributed by atoms with Crippen molar-refractivity contribution in [3.05, 3.63) is 59.4 Å². The quantitative estimate of drug-likeness (QED) is 0.913. The number of carboxylic acid groups (broad SMARTS) is 1. The number of carbonyl (C=O) groups is 1. The van der Waals surface area contributed by atoms with E-state index in [0.29, 0.717) is 16.3 Å². The average molecular weight is 278 g/mol. The van der Waals surface area contributed by atoms with Crippen LogP contribution in [0.3, 0.4) is 0 Å². The first kappa shape index (κ1) is 13.4. The van der Waals surface area contributed by atoms with E-state index >= 15 is 0 Å². The molecule has 0 saturated heterocycles. The molecule has 1 aromatic carbocycles. The van der Waals surface area contributed by atoms with Crippen LogP contribution in [0.15, 0.2) is 48.8 Å². The summed E-state index contributed by atoms with van der Waals surface area (Å²) in [4.78, 5) is 15.2. The van der Waals surface area contributed by atoms with E-state index < -0.39 is 11.9 Å². The van der Waals surface area contributed by atoms with Crippen LogP contribution in [0.2, 0.25) is 5.02 Å². The fraction of sp³-hybridized carbons (Fsp3) is 0.143. The molecule has 4 nitrogen and oxygen atoms in total. The molecule has 2 rings (SSSR count). The van der Waals surface area contributed by atoms with Crippen LogP contribution in [0, 0.1) is 0 Å². The molecule has 0 fully saturated rings. The van der Waals surface area contributed by atoms with Gasteiger partial charge in [0.2, 0.25) is 0 Å². The van der Waals surface area contributed by atoms with Crippen molar-refractivity contribution >= 4 is 17.6 Å². The van der Waals surface area contributed by atoms with Crippen molar-refractivity contribution in [2.75, 3.05) is 6.61 Å². The molecular formula is C14H12ClNO3. The Balaban J connectivity index is 2.08. The third-order valence-corrected chi connectivity index (χ3v) is 2.83. The molecule has 2 aromatic rings. The summed E-state index contributed by atoms with van der Waals surface area (Å²) in [7, 11) is 0. The molecule has 1 atom stereocenters. The van der Waals surface area contributed by atoms with Crippen molar-refractivity contribution in [1.82, 2.24) is 4.98 Å². The number of pyridine rings is 1. The number of carboxylic acids is 1. The molecule has 0 amide bonds. The van der Waals surface area contributed by atoms with Crippen LogP contribution < -0.4 is 4.74 Å². The van der Waals surface area contributed by atoms with E-state index in [-0.39, 0.29) is 6.61 Å². The lowest BCUT2D eigenvalue weighted by Gasteiger charge is -2.13. The van der Waals surface area contributed by atoms with Gasteiger partial charge in [-0.15, -0.1) is 0 Å². The SMILES string of the molecule is O=C(O)C(COc1cccc(Cl)c1)c1cccnc1. The lowest BCUT2D eigenvalue weighted by Crippen LogP contribution is -2.19. The molecule has 98 valence electrons. The van der Waals surface area contributed by atoms with Crippen molar-refractivity contribution in [3.8, 4) is 5.75 Å². The van der Waals surface area contributed by atoms with Crippen LogP contribution >= 0.6 is 11.6 Å². The largest absolute Gasteiger partial charge is 0.492 e. The lowest BCUT2D eigenvalue weighted by molar-refractivity contribution is -0.139. The van der Waals surface area contributed by atoms with Gasteiger partial charge in [-0.1, -0.05) is 23.7 Å². The Bertz CT molecular complexity index is 560. The van der Waals surface area contributed by atoms with Crippen LogP contribution in [0.25, 0.3) is 0 Å². The first-order valence-corrected chi connectivity index (χ1v) is 6.05. The number of benzene rings is 1. The predicted octanol–water partition coefficient (Wildman–Crippen LogP) is 2.98. The highest BCUT2D eigenvalue weighted by Crippen LogP contribution is 2.20. The minimum absolute atomic E-state index is 0.0291. The van der Waals surface area contributed by atoms with E-state index in [9.17, 15) is 9.90 Å². The predicted molar refractivity (Wildman–Crippen MR) is 71.6 cm³/mol. The van der Waals surface area contributed by atoms with Gasteiger partial charge in [-0.25, -0.2) is 0 Å². The van der Waals surface area contributed by atoms with E-state index in [4.69, 9.17) is 16.3 Å². The monoisotopic (exact) mass is 277 g/mol. The third-order valence-electron chi connectivity index (χ3n) is 2.60. The Morgan fingerprint density at radius 3 is 2.84 bits per heavy atom. The zero-order valence-electron chi connectivity index (χ0n) is 9.99. The Hall–Kier alpha value is -2.07. The summed E-state index contributed by atoms with van der Waals surface area (Å²) in [6.07, 6.45) is 3.13. The van der Waals surface area contributed by atoms with E-state index in [1.165, 1.54) is 6.20 Å². The van der Waals surface area contributed by atoms with E-state index in [1.807, 2.05) is 0 Å². The summed E-state index contributed by atoms with van der Waals surface area (Å²) in [6.45, 7) is 0.0291. The maximum absolute atomic E-state index is 11.3. The smallest absolute Gasteiger partial charge is 0.314 e. The Morgan fingerprint density at radius 2 is 2.21 bits per heavy atom. The molecule has 0 radical (unpaired) electrons. The fourth-order valence-corrected chi connectivity index (χ4v) is 1.81. The normalized spacial score (nSPS) is 11.8. The molecule has 0 saturated carbocycles. The summed E-state index contributed by atoms with van der Waals surface area (Å²) in [5.41, 5.74) is 0.608. The van der Waals surface area contributed by atoms with Gasteiger partial charge in [0.1, 0.15) is 18.3 Å². The summed E-state index contributed by atoms with van der Waals surface area (Å²) in [5.74, 6) is -1.16. The number of aliphatic carboxylic acids is 1. The molecule has 1 heterocycles. The number of halogens is 1. The highest BCUT2D eigenvalue weighted by Gasteiger charge is 2.20. The number of hydrogen-bond acceptors (Lipinski definition) is 3. The second-order valence-electron chi connectivity index (χ2n) is 3.95. The zero-order valence-corrected chi connectivity index (χ0v) is 10.7. The minimum atomic E-state index is -0.949. The molecule has 1 aromatic heterocycles. The van der Waals surface area contributed by atoms with Crippen molar-refractivity contribution in [3.63, 3.8) is 0 Å². The Labute approximate surface area is 115 Å². The topological polar surface area (TPSA) is 59.4 Å². The van der Waals surface area contributed by atoms with Crippen molar-refractivity contribution in [1.29, 1.82) is 0 Å². The molecule has 19 heavy (non-hydrogen) atoms. The van der Waals surface area contributed by atoms with Crippen LogP contribution in [0.4, 0.5) is 0 Å². The van der Waals surface area contributed by atoms with Gasteiger partial charge in [-0.2, -0.15) is 0 Å². The fourth-order valence-electron chi connectivity index (χ4n) is 1.63. The lowest BCUT2D eigenvalue weighted by atomic mass is 10.0. The van der Waals surface area contributed by atoms with Crippen molar-refractivity contribution < 1.29 is 14.6 Å². The molecule has 0 aliphatic rings. The molecule has 0 aliphatic carbocycles. The number of nitrogens with zero attached hydrogens (tertiary/aromatic N) is 1. The van der Waals surface area contributed by atoms with Gasteiger partial charge in [0.15, 0.2) is 0 Å². The summed E-state index contributed by atoms with van der Waals surface area (Å²) < 4.78 is 5.47. The van der Waals surface area contributed by atoms with Gasteiger partial charge < -0.3 is 9.84 Å². The van der Waals surface area contributed by atoms with Crippen LogP contribution in [-0.2, 0) is 4.79 Å². The van der Waals surface area contributed by atoms with Gasteiger partial charge in [0, 0.05) is 17.4 Å². The highest BCUT2D eigenvalue weighted by molar-refractivity contribution is 6.30. The zero-order chi connectivity index (χ0) is 13.7. The van der Waals surface area contributed by atoms with Gasteiger partial charge in [0.05, 0.1) is 0 Å².